The summed E-state index contributed by atoms with van der Waals surface area (Å²) in [5.41, 5.74) is 2.07. The van der Waals surface area contributed by atoms with Gasteiger partial charge in [-0.2, -0.15) is 4.98 Å². The van der Waals surface area contributed by atoms with Gasteiger partial charge in [-0.25, -0.2) is 4.52 Å². The van der Waals surface area contributed by atoms with Gasteiger partial charge < -0.3 is 4.74 Å². The minimum atomic E-state index is -0.349. The topological polar surface area (TPSA) is 81.4 Å². The summed E-state index contributed by atoms with van der Waals surface area (Å²) in [6.07, 6.45) is 1.56. The van der Waals surface area contributed by atoms with Gasteiger partial charge in [0.05, 0.1) is 12.8 Å². The van der Waals surface area contributed by atoms with Crippen LogP contribution in [0.1, 0.15) is 10.5 Å². The van der Waals surface area contributed by atoms with Gasteiger partial charge >= 0.3 is 0 Å². The second kappa shape index (κ2) is 6.33. The summed E-state index contributed by atoms with van der Waals surface area (Å²) in [5.74, 6) is 0.633. The molecule has 1 amide bonds. The number of fused-ring (bicyclic) bond motifs is 1. The van der Waals surface area contributed by atoms with E-state index in [0.29, 0.717) is 10.7 Å². The Labute approximate surface area is 146 Å². The van der Waals surface area contributed by atoms with E-state index in [-0.39, 0.29) is 11.9 Å². The molecule has 3 heterocycles. The van der Waals surface area contributed by atoms with E-state index in [2.05, 4.69) is 20.4 Å². The van der Waals surface area contributed by atoms with Gasteiger partial charge in [-0.15, -0.1) is 16.4 Å². The molecule has 0 atom stereocenters. The van der Waals surface area contributed by atoms with Gasteiger partial charge in [0.25, 0.3) is 11.9 Å². The highest BCUT2D eigenvalue weighted by molar-refractivity contribution is 7.15. The van der Waals surface area contributed by atoms with Crippen LogP contribution in [0.5, 0.6) is 5.75 Å². The standard InChI is InChI=1S/C17H13N5O2S/c1-24-14-8-3-2-6-11(14)13-10-25-17-20-16(21-22(13)17)19-15(23)12-7-4-5-9-18-12/h2-10H,1H3,(H,19,21,23). The predicted octanol–water partition coefficient (Wildman–Crippen LogP) is 3.11. The number of hydrogen-bond donors (Lipinski definition) is 1. The second-order valence-electron chi connectivity index (χ2n) is 5.12. The number of anilines is 1. The first kappa shape index (κ1) is 15.3. The highest BCUT2D eigenvalue weighted by Crippen LogP contribution is 2.32. The number of amides is 1. The number of nitrogens with one attached hydrogen (secondary N) is 1. The van der Waals surface area contributed by atoms with E-state index in [1.54, 1.807) is 36.0 Å². The van der Waals surface area contributed by atoms with Crippen LogP contribution in [0.4, 0.5) is 5.95 Å². The first-order valence-electron chi connectivity index (χ1n) is 7.46. The number of nitrogens with zero attached hydrogens (tertiary/aromatic N) is 4. The Hall–Kier alpha value is -3.26. The Balaban J connectivity index is 1.68. The Morgan fingerprint density at radius 1 is 1.20 bits per heavy atom. The minimum Gasteiger partial charge on any atom is -0.496 e. The summed E-state index contributed by atoms with van der Waals surface area (Å²) in [7, 11) is 1.63. The largest absolute Gasteiger partial charge is 0.496 e. The number of aromatic nitrogens is 4. The molecule has 1 aromatic carbocycles. The number of rotatable bonds is 4. The van der Waals surface area contributed by atoms with Crippen molar-refractivity contribution in [3.05, 3.63) is 59.7 Å². The molecule has 1 N–H and O–H groups in total. The monoisotopic (exact) mass is 351 g/mol. The Morgan fingerprint density at radius 2 is 2.04 bits per heavy atom. The average molecular weight is 351 g/mol. The quantitative estimate of drug-likeness (QED) is 0.611. The molecule has 0 bridgehead atoms. The maximum atomic E-state index is 12.2. The molecule has 0 aliphatic carbocycles. The lowest BCUT2D eigenvalue weighted by Crippen LogP contribution is -2.14. The number of para-hydroxylation sites is 1. The van der Waals surface area contributed by atoms with Gasteiger partial charge in [0, 0.05) is 17.1 Å². The SMILES string of the molecule is COc1ccccc1-c1csc2nc(NC(=O)c3ccccn3)nn12. The maximum Gasteiger partial charge on any atom is 0.276 e. The van der Waals surface area contributed by atoms with Crippen molar-refractivity contribution >= 4 is 28.2 Å². The smallest absolute Gasteiger partial charge is 0.276 e. The zero-order valence-electron chi connectivity index (χ0n) is 13.2. The summed E-state index contributed by atoms with van der Waals surface area (Å²) in [6, 6.07) is 12.8. The first-order chi connectivity index (χ1) is 12.3. The van der Waals surface area contributed by atoms with E-state index in [0.717, 1.165) is 17.0 Å². The molecule has 4 rings (SSSR count). The third-order valence-corrected chi connectivity index (χ3v) is 4.40. The molecule has 0 aliphatic rings. The predicted molar refractivity (Wildman–Crippen MR) is 95.0 cm³/mol. The number of methoxy groups -OCH3 is 1. The molecule has 25 heavy (non-hydrogen) atoms. The molecule has 4 aromatic rings. The van der Waals surface area contributed by atoms with Gasteiger partial charge in [0.15, 0.2) is 0 Å². The summed E-state index contributed by atoms with van der Waals surface area (Å²) in [4.78, 5) is 21.2. The molecule has 0 unspecified atom stereocenters. The van der Waals surface area contributed by atoms with Crippen molar-refractivity contribution in [3.8, 4) is 17.0 Å². The van der Waals surface area contributed by atoms with Crippen molar-refractivity contribution in [3.63, 3.8) is 0 Å². The fourth-order valence-corrected chi connectivity index (χ4v) is 3.26. The van der Waals surface area contributed by atoms with Crippen LogP contribution >= 0.6 is 11.3 Å². The van der Waals surface area contributed by atoms with Crippen molar-refractivity contribution in [2.45, 2.75) is 0 Å². The molecule has 3 aromatic heterocycles. The Morgan fingerprint density at radius 3 is 2.84 bits per heavy atom. The van der Waals surface area contributed by atoms with Crippen LogP contribution in [0.2, 0.25) is 0 Å². The summed E-state index contributed by atoms with van der Waals surface area (Å²) >= 11 is 1.44. The zero-order chi connectivity index (χ0) is 17.2. The van der Waals surface area contributed by atoms with Crippen LogP contribution in [0.3, 0.4) is 0 Å². The van der Waals surface area contributed by atoms with E-state index in [1.807, 2.05) is 29.6 Å². The normalized spacial score (nSPS) is 10.8. The number of benzene rings is 1. The number of carbonyl (C=O) groups is 1. The highest BCUT2D eigenvalue weighted by Gasteiger charge is 2.16. The second-order valence-corrected chi connectivity index (χ2v) is 5.96. The van der Waals surface area contributed by atoms with Crippen LogP contribution in [0.25, 0.3) is 16.2 Å². The van der Waals surface area contributed by atoms with E-state index in [9.17, 15) is 4.79 Å². The maximum absolute atomic E-state index is 12.2. The molecule has 0 saturated heterocycles. The molecule has 124 valence electrons. The third kappa shape index (κ3) is 2.83. The lowest BCUT2D eigenvalue weighted by atomic mass is 10.1. The molecule has 0 fully saturated rings. The number of hydrogen-bond acceptors (Lipinski definition) is 6. The molecule has 0 saturated carbocycles. The lowest BCUT2D eigenvalue weighted by Gasteiger charge is -2.06. The molecule has 0 radical (unpaired) electrons. The summed E-state index contributed by atoms with van der Waals surface area (Å²) in [6.45, 7) is 0. The molecular formula is C17H13N5O2S. The van der Waals surface area contributed by atoms with Gasteiger partial charge in [-0.1, -0.05) is 18.2 Å². The van der Waals surface area contributed by atoms with E-state index >= 15 is 0 Å². The number of pyridine rings is 1. The van der Waals surface area contributed by atoms with Crippen LogP contribution in [0, 0.1) is 0 Å². The lowest BCUT2D eigenvalue weighted by molar-refractivity contribution is 0.102. The van der Waals surface area contributed by atoms with Gasteiger partial charge in [0.1, 0.15) is 11.4 Å². The molecule has 0 spiro atoms. The summed E-state index contributed by atoms with van der Waals surface area (Å²) < 4.78 is 7.10. The first-order valence-corrected chi connectivity index (χ1v) is 8.34. The molecule has 7 nitrogen and oxygen atoms in total. The zero-order valence-corrected chi connectivity index (χ0v) is 14.0. The fourth-order valence-electron chi connectivity index (χ4n) is 2.44. The number of thiazole rings is 1. The number of ether oxygens (including phenoxy) is 1. The van der Waals surface area contributed by atoms with Crippen molar-refractivity contribution in [2.24, 2.45) is 0 Å². The van der Waals surface area contributed by atoms with Crippen molar-refractivity contribution < 1.29 is 9.53 Å². The van der Waals surface area contributed by atoms with E-state index < -0.39 is 0 Å². The molecule has 8 heteroatoms. The third-order valence-electron chi connectivity index (χ3n) is 3.59. The van der Waals surface area contributed by atoms with Crippen molar-refractivity contribution in [1.82, 2.24) is 19.6 Å². The minimum absolute atomic E-state index is 0.235. The average Bonchev–Trinajstić information content (AvgIpc) is 3.22. The van der Waals surface area contributed by atoms with E-state index in [4.69, 9.17) is 4.74 Å². The molecule has 0 aliphatic heterocycles. The summed E-state index contributed by atoms with van der Waals surface area (Å²) in [5, 5.41) is 9.02. The Kier molecular flexibility index (Phi) is 3.87. The van der Waals surface area contributed by atoms with Crippen LogP contribution in [-0.2, 0) is 0 Å². The van der Waals surface area contributed by atoms with Gasteiger partial charge in [-0.05, 0) is 24.3 Å². The Bertz CT molecular complexity index is 1040. The molecular weight excluding hydrogens is 338 g/mol. The van der Waals surface area contributed by atoms with Crippen molar-refractivity contribution in [2.75, 3.05) is 12.4 Å². The van der Waals surface area contributed by atoms with Crippen LogP contribution in [0.15, 0.2) is 54.0 Å². The highest BCUT2D eigenvalue weighted by atomic mass is 32.1. The van der Waals surface area contributed by atoms with Crippen molar-refractivity contribution in [1.29, 1.82) is 0 Å². The van der Waals surface area contributed by atoms with Gasteiger partial charge in [-0.3, -0.25) is 15.1 Å². The van der Waals surface area contributed by atoms with Crippen LogP contribution in [-0.4, -0.2) is 32.6 Å². The number of carbonyl (C=O) groups excluding carboxylic acids is 1. The van der Waals surface area contributed by atoms with Crippen LogP contribution < -0.4 is 10.1 Å². The van der Waals surface area contributed by atoms with E-state index in [1.165, 1.54) is 11.3 Å². The fraction of sp³-hybridized carbons (Fsp3) is 0.0588. The van der Waals surface area contributed by atoms with Gasteiger partial charge in [0.2, 0.25) is 4.96 Å².